The minimum absolute atomic E-state index is 0.00949. The molecule has 1 aliphatic rings. The first kappa shape index (κ1) is 19.9. The van der Waals surface area contributed by atoms with Crippen LogP contribution in [-0.2, 0) is 39.4 Å². The second-order valence-electron chi connectivity index (χ2n) is 6.62. The van der Waals surface area contributed by atoms with Crippen LogP contribution in [0.2, 0.25) is 0 Å². The van der Waals surface area contributed by atoms with Crippen molar-refractivity contribution in [2.45, 2.75) is 26.3 Å². The quantitative estimate of drug-likeness (QED) is 0.762. The molecule has 0 spiro atoms. The zero-order valence-corrected chi connectivity index (χ0v) is 16.9. The van der Waals surface area contributed by atoms with Gasteiger partial charge in [0.05, 0.1) is 11.5 Å². The average Bonchev–Trinajstić information content (AvgIpc) is 2.66. The Bertz CT molecular complexity index is 1000. The van der Waals surface area contributed by atoms with Crippen molar-refractivity contribution in [1.29, 1.82) is 0 Å². The average molecular weight is 409 g/mol. The number of nitrogens with one attached hydrogen (secondary N) is 1. The summed E-state index contributed by atoms with van der Waals surface area (Å²) in [6, 6.07) is 14.8. The van der Waals surface area contributed by atoms with Crippen LogP contribution in [0.3, 0.4) is 0 Å². The van der Waals surface area contributed by atoms with Gasteiger partial charge in [-0.25, -0.2) is 16.8 Å². The first-order valence-electron chi connectivity index (χ1n) is 8.93. The number of anilines is 1. The molecule has 0 atom stereocenters. The number of rotatable bonds is 7. The Morgan fingerprint density at radius 1 is 1.00 bits per heavy atom. The van der Waals surface area contributed by atoms with Crippen molar-refractivity contribution < 1.29 is 16.8 Å². The Labute approximate surface area is 161 Å². The Morgan fingerprint density at radius 3 is 2.44 bits per heavy atom. The van der Waals surface area contributed by atoms with Crippen molar-refractivity contribution in [3.8, 4) is 0 Å². The number of fused-ring (bicyclic) bond motifs is 1. The van der Waals surface area contributed by atoms with E-state index in [1.165, 1.54) is 4.31 Å². The van der Waals surface area contributed by atoms with Crippen LogP contribution >= 0.6 is 0 Å². The van der Waals surface area contributed by atoms with E-state index in [-0.39, 0.29) is 18.1 Å². The summed E-state index contributed by atoms with van der Waals surface area (Å²) in [6.45, 7) is 2.37. The van der Waals surface area contributed by atoms with Gasteiger partial charge in [-0.2, -0.15) is 4.31 Å². The zero-order valence-electron chi connectivity index (χ0n) is 15.3. The third-order valence-corrected chi connectivity index (χ3v) is 7.83. The molecular weight excluding hydrogens is 384 g/mol. The van der Waals surface area contributed by atoms with Crippen LogP contribution in [0.4, 0.5) is 5.69 Å². The maximum absolute atomic E-state index is 12.4. The Balaban J connectivity index is 1.70. The van der Waals surface area contributed by atoms with E-state index in [0.29, 0.717) is 25.1 Å². The summed E-state index contributed by atoms with van der Waals surface area (Å²) in [5.74, 6) is 0.0541. The topological polar surface area (TPSA) is 83.6 Å². The Hall–Kier alpha value is -1.90. The molecule has 0 aliphatic carbocycles. The lowest BCUT2D eigenvalue weighted by atomic mass is 10.0. The molecular formula is C19H24N2O4S2. The van der Waals surface area contributed by atoms with Gasteiger partial charge in [0.1, 0.15) is 0 Å². The fourth-order valence-electron chi connectivity index (χ4n) is 3.14. The van der Waals surface area contributed by atoms with E-state index in [1.807, 2.05) is 36.4 Å². The van der Waals surface area contributed by atoms with Crippen molar-refractivity contribution in [3.63, 3.8) is 0 Å². The summed E-state index contributed by atoms with van der Waals surface area (Å²) in [5, 5.41) is 0. The van der Waals surface area contributed by atoms with E-state index in [2.05, 4.69) is 4.72 Å². The van der Waals surface area contributed by atoms with Gasteiger partial charge in [0.2, 0.25) is 20.0 Å². The van der Waals surface area contributed by atoms with Gasteiger partial charge in [-0.3, -0.25) is 4.72 Å². The molecule has 0 saturated heterocycles. The Morgan fingerprint density at radius 2 is 1.74 bits per heavy atom. The summed E-state index contributed by atoms with van der Waals surface area (Å²) in [5.41, 5.74) is 3.35. The number of hydrogen-bond acceptors (Lipinski definition) is 4. The highest BCUT2D eigenvalue weighted by Crippen LogP contribution is 2.25. The van der Waals surface area contributed by atoms with Crippen molar-refractivity contribution in [1.82, 2.24) is 4.31 Å². The molecule has 8 heteroatoms. The molecule has 27 heavy (non-hydrogen) atoms. The van der Waals surface area contributed by atoms with Crippen LogP contribution in [0.1, 0.15) is 23.6 Å². The third-order valence-electron chi connectivity index (χ3n) is 4.72. The van der Waals surface area contributed by atoms with E-state index in [4.69, 9.17) is 0 Å². The van der Waals surface area contributed by atoms with E-state index in [0.717, 1.165) is 16.7 Å². The SMILES string of the molecule is CCS(=O)(=O)N1CCc2ccc(NS(=O)(=O)CCc3ccccc3)cc2C1. The van der Waals surface area contributed by atoms with Crippen LogP contribution < -0.4 is 4.72 Å². The van der Waals surface area contributed by atoms with Crippen molar-refractivity contribution >= 4 is 25.7 Å². The second kappa shape index (κ2) is 8.00. The highest BCUT2D eigenvalue weighted by molar-refractivity contribution is 7.92. The first-order chi connectivity index (χ1) is 12.8. The van der Waals surface area contributed by atoms with E-state index < -0.39 is 20.0 Å². The maximum atomic E-state index is 12.4. The monoisotopic (exact) mass is 408 g/mol. The number of hydrogen-bond donors (Lipinski definition) is 1. The number of sulfonamides is 2. The van der Waals surface area contributed by atoms with E-state index in [1.54, 1.807) is 19.1 Å². The lowest BCUT2D eigenvalue weighted by molar-refractivity contribution is 0.392. The summed E-state index contributed by atoms with van der Waals surface area (Å²) in [7, 11) is -6.74. The van der Waals surface area contributed by atoms with Crippen LogP contribution in [-0.4, -0.2) is 39.2 Å². The zero-order chi connectivity index (χ0) is 19.5. The number of benzene rings is 2. The van der Waals surface area contributed by atoms with Gasteiger partial charge in [0.25, 0.3) is 0 Å². The molecule has 0 radical (unpaired) electrons. The first-order valence-corrected chi connectivity index (χ1v) is 12.2. The van der Waals surface area contributed by atoms with Gasteiger partial charge in [0, 0.05) is 18.8 Å². The summed E-state index contributed by atoms with van der Waals surface area (Å²) >= 11 is 0. The van der Waals surface area contributed by atoms with Gasteiger partial charge < -0.3 is 0 Å². The molecule has 3 rings (SSSR count). The second-order valence-corrected chi connectivity index (χ2v) is 10.7. The van der Waals surface area contributed by atoms with Crippen LogP contribution in [0.5, 0.6) is 0 Å². The van der Waals surface area contributed by atoms with Crippen LogP contribution in [0.25, 0.3) is 0 Å². The number of aryl methyl sites for hydroxylation is 1. The standard InChI is InChI=1S/C19H24N2O4S2/c1-2-27(24,25)21-12-10-17-8-9-19(14-18(17)15-21)20-26(22,23)13-11-16-6-4-3-5-7-16/h3-9,14,20H,2,10-13,15H2,1H3. The molecule has 0 saturated carbocycles. The van der Waals surface area contributed by atoms with Gasteiger partial charge >= 0.3 is 0 Å². The highest BCUT2D eigenvalue weighted by Gasteiger charge is 2.25. The van der Waals surface area contributed by atoms with Gasteiger partial charge in [0.15, 0.2) is 0 Å². The summed E-state index contributed by atoms with van der Waals surface area (Å²) < 4.78 is 53.1. The lowest BCUT2D eigenvalue weighted by Gasteiger charge is -2.28. The lowest BCUT2D eigenvalue weighted by Crippen LogP contribution is -2.36. The molecule has 1 aliphatic heterocycles. The molecule has 2 aromatic carbocycles. The Kier molecular flexibility index (Phi) is 5.88. The van der Waals surface area contributed by atoms with Crippen molar-refractivity contribution in [2.24, 2.45) is 0 Å². The molecule has 0 amide bonds. The fourth-order valence-corrected chi connectivity index (χ4v) is 5.31. The normalized spacial score (nSPS) is 15.3. The van der Waals surface area contributed by atoms with Gasteiger partial charge in [-0.15, -0.1) is 0 Å². The van der Waals surface area contributed by atoms with Gasteiger partial charge in [-0.05, 0) is 48.6 Å². The van der Waals surface area contributed by atoms with Gasteiger partial charge in [-0.1, -0.05) is 36.4 Å². The molecule has 6 nitrogen and oxygen atoms in total. The number of nitrogens with zero attached hydrogens (tertiary/aromatic N) is 1. The molecule has 1 N–H and O–H groups in total. The third kappa shape index (κ3) is 5.09. The minimum atomic E-state index is -3.49. The predicted molar refractivity (Wildman–Crippen MR) is 108 cm³/mol. The smallest absolute Gasteiger partial charge is 0.233 e. The molecule has 0 unspecified atom stereocenters. The van der Waals surface area contributed by atoms with E-state index in [9.17, 15) is 16.8 Å². The summed E-state index contributed by atoms with van der Waals surface area (Å²) in [4.78, 5) is 0. The van der Waals surface area contributed by atoms with Crippen LogP contribution in [0.15, 0.2) is 48.5 Å². The summed E-state index contributed by atoms with van der Waals surface area (Å²) in [6.07, 6.45) is 1.07. The van der Waals surface area contributed by atoms with Crippen molar-refractivity contribution in [2.75, 3.05) is 22.8 Å². The minimum Gasteiger partial charge on any atom is -0.284 e. The molecule has 0 fully saturated rings. The maximum Gasteiger partial charge on any atom is 0.233 e. The molecule has 146 valence electrons. The highest BCUT2D eigenvalue weighted by atomic mass is 32.2. The van der Waals surface area contributed by atoms with Crippen LogP contribution in [0, 0.1) is 0 Å². The largest absolute Gasteiger partial charge is 0.284 e. The van der Waals surface area contributed by atoms with Crippen molar-refractivity contribution in [3.05, 3.63) is 65.2 Å². The molecule has 2 aromatic rings. The van der Waals surface area contributed by atoms with E-state index >= 15 is 0 Å². The fraction of sp³-hybridized carbons (Fsp3) is 0.368. The predicted octanol–water partition coefficient (Wildman–Crippen LogP) is 2.38. The molecule has 0 aromatic heterocycles. The molecule has 1 heterocycles. The molecule has 0 bridgehead atoms.